The molecule has 7 heteroatoms. The number of ketones is 1. The van der Waals surface area contributed by atoms with E-state index >= 15 is 0 Å². The molecule has 0 aliphatic carbocycles. The molecular formula is C21H20N2O4S. The fraction of sp³-hybridized carbons (Fsp3) is 0.190. The van der Waals surface area contributed by atoms with Crippen molar-refractivity contribution in [2.75, 3.05) is 20.0 Å². The summed E-state index contributed by atoms with van der Waals surface area (Å²) < 4.78 is 11.9. The Labute approximate surface area is 167 Å². The van der Waals surface area contributed by atoms with Gasteiger partial charge in [0.1, 0.15) is 0 Å². The minimum absolute atomic E-state index is 0.0928. The van der Waals surface area contributed by atoms with Crippen molar-refractivity contribution in [1.29, 1.82) is 0 Å². The predicted molar refractivity (Wildman–Crippen MR) is 109 cm³/mol. The van der Waals surface area contributed by atoms with E-state index in [1.54, 1.807) is 30.6 Å². The Morgan fingerprint density at radius 2 is 1.89 bits per heavy atom. The van der Waals surface area contributed by atoms with E-state index in [0.717, 1.165) is 23.0 Å². The number of hydrogen-bond acceptors (Lipinski definition) is 6. The summed E-state index contributed by atoms with van der Waals surface area (Å²) in [6.45, 7) is 1.97. The molecule has 2 aromatic carbocycles. The van der Waals surface area contributed by atoms with Crippen molar-refractivity contribution in [3.8, 4) is 17.2 Å². The third-order valence-corrected chi connectivity index (χ3v) is 5.09. The van der Waals surface area contributed by atoms with Crippen LogP contribution in [0.2, 0.25) is 0 Å². The summed E-state index contributed by atoms with van der Waals surface area (Å²) >= 11 is 1.12. The van der Waals surface area contributed by atoms with E-state index < -0.39 is 0 Å². The van der Waals surface area contributed by atoms with Gasteiger partial charge in [-0.3, -0.25) is 14.2 Å². The van der Waals surface area contributed by atoms with Crippen molar-refractivity contribution in [3.05, 3.63) is 76.3 Å². The molecule has 0 bridgehead atoms. The molecule has 0 saturated carbocycles. The molecule has 0 aliphatic heterocycles. The molecule has 0 unspecified atom stereocenters. The molecule has 0 fully saturated rings. The second-order valence-corrected chi connectivity index (χ2v) is 6.99. The monoisotopic (exact) mass is 396 g/mol. The highest BCUT2D eigenvalue weighted by atomic mass is 32.2. The quantitative estimate of drug-likeness (QED) is 0.449. The van der Waals surface area contributed by atoms with E-state index in [4.69, 9.17) is 9.47 Å². The maximum atomic E-state index is 12.7. The van der Waals surface area contributed by atoms with Gasteiger partial charge in [-0.1, -0.05) is 23.9 Å². The van der Waals surface area contributed by atoms with Crippen LogP contribution in [-0.2, 0) is 0 Å². The number of thioether (sulfide) groups is 1. The largest absolute Gasteiger partial charge is 0.493 e. The molecule has 0 amide bonds. The minimum Gasteiger partial charge on any atom is -0.493 e. The zero-order chi connectivity index (χ0) is 20.1. The number of rotatable bonds is 7. The van der Waals surface area contributed by atoms with Crippen molar-refractivity contribution < 1.29 is 14.3 Å². The first-order chi connectivity index (χ1) is 13.5. The van der Waals surface area contributed by atoms with Crippen molar-refractivity contribution in [3.63, 3.8) is 0 Å². The van der Waals surface area contributed by atoms with Crippen molar-refractivity contribution in [1.82, 2.24) is 9.55 Å². The Morgan fingerprint density at radius 3 is 2.61 bits per heavy atom. The number of Topliss-reactive ketones (excluding diaryl/α,β-unsaturated/α-hetero) is 1. The van der Waals surface area contributed by atoms with Crippen molar-refractivity contribution in [2.24, 2.45) is 0 Å². The lowest BCUT2D eigenvalue weighted by atomic mass is 10.1. The average Bonchev–Trinajstić information content (AvgIpc) is 2.72. The van der Waals surface area contributed by atoms with Gasteiger partial charge < -0.3 is 9.47 Å². The average molecular weight is 396 g/mol. The molecule has 144 valence electrons. The SMILES string of the molecule is COc1ccc(C(=O)CSc2nccn(-c3cccc(C)c3)c2=O)cc1OC. The lowest BCUT2D eigenvalue weighted by Gasteiger charge is -2.09. The number of hydrogen-bond donors (Lipinski definition) is 0. The molecular weight excluding hydrogens is 376 g/mol. The van der Waals surface area contributed by atoms with Gasteiger partial charge in [0.05, 0.1) is 20.0 Å². The van der Waals surface area contributed by atoms with Crippen molar-refractivity contribution >= 4 is 17.5 Å². The topological polar surface area (TPSA) is 70.4 Å². The second-order valence-electron chi connectivity index (χ2n) is 6.03. The zero-order valence-corrected chi connectivity index (χ0v) is 16.7. The summed E-state index contributed by atoms with van der Waals surface area (Å²) in [5, 5.41) is 0.276. The van der Waals surface area contributed by atoms with E-state index in [1.807, 2.05) is 31.2 Å². The number of aryl methyl sites for hydroxylation is 1. The summed E-state index contributed by atoms with van der Waals surface area (Å²) in [5.41, 5.74) is 2.05. The Morgan fingerprint density at radius 1 is 1.11 bits per heavy atom. The van der Waals surface area contributed by atoms with Crippen LogP contribution in [0.3, 0.4) is 0 Å². The molecule has 6 nitrogen and oxygen atoms in total. The molecule has 0 spiro atoms. The number of nitrogens with zero attached hydrogens (tertiary/aromatic N) is 2. The molecule has 1 heterocycles. The number of aromatic nitrogens is 2. The van der Waals surface area contributed by atoms with Crippen molar-refractivity contribution in [2.45, 2.75) is 11.9 Å². The first-order valence-corrected chi connectivity index (χ1v) is 9.54. The van der Waals surface area contributed by atoms with Crippen LogP contribution in [0, 0.1) is 6.92 Å². The number of methoxy groups -OCH3 is 2. The number of ether oxygens (including phenoxy) is 2. The smallest absolute Gasteiger partial charge is 0.287 e. The lowest BCUT2D eigenvalue weighted by molar-refractivity contribution is 0.102. The van der Waals surface area contributed by atoms with Gasteiger partial charge in [-0.2, -0.15) is 0 Å². The lowest BCUT2D eigenvalue weighted by Crippen LogP contribution is -2.21. The van der Waals surface area contributed by atoms with E-state index in [9.17, 15) is 9.59 Å². The van der Waals surface area contributed by atoms with E-state index in [1.165, 1.54) is 18.8 Å². The standard InChI is InChI=1S/C21H20N2O4S/c1-14-5-4-6-16(11-14)23-10-9-22-20(21(23)25)28-13-17(24)15-7-8-18(26-2)19(12-15)27-3/h4-12H,13H2,1-3H3. The number of carbonyl (C=O) groups is 1. The van der Waals surface area contributed by atoms with Crippen LogP contribution < -0.4 is 15.0 Å². The minimum atomic E-state index is -0.252. The number of benzene rings is 2. The first kappa shape index (κ1) is 19.7. The van der Waals surface area contributed by atoms with Gasteiger partial charge in [0.15, 0.2) is 22.3 Å². The molecule has 3 rings (SSSR count). The highest BCUT2D eigenvalue weighted by Crippen LogP contribution is 2.28. The van der Waals surface area contributed by atoms with E-state index in [2.05, 4.69) is 4.98 Å². The first-order valence-electron chi connectivity index (χ1n) is 8.56. The third kappa shape index (κ3) is 4.26. The summed E-state index contributed by atoms with van der Waals surface area (Å²) in [6, 6.07) is 12.6. The van der Waals surface area contributed by atoms with Crippen LogP contribution >= 0.6 is 11.8 Å². The van der Waals surface area contributed by atoms with Crippen LogP contribution in [0.4, 0.5) is 0 Å². The predicted octanol–water partition coefficient (Wildman–Crippen LogP) is 3.53. The summed E-state index contributed by atoms with van der Waals surface area (Å²) in [6.07, 6.45) is 3.18. The van der Waals surface area contributed by atoms with Crippen LogP contribution in [0.5, 0.6) is 11.5 Å². The van der Waals surface area contributed by atoms with Gasteiger partial charge in [0.2, 0.25) is 0 Å². The molecule has 28 heavy (non-hydrogen) atoms. The fourth-order valence-corrected chi connectivity index (χ4v) is 3.49. The maximum absolute atomic E-state index is 12.7. The van der Waals surface area contributed by atoms with Gasteiger partial charge in [0, 0.05) is 23.6 Å². The van der Waals surface area contributed by atoms with E-state index in [0.29, 0.717) is 17.1 Å². The van der Waals surface area contributed by atoms with Crippen LogP contribution in [0.25, 0.3) is 5.69 Å². The van der Waals surface area contributed by atoms with Gasteiger partial charge in [-0.15, -0.1) is 0 Å². The highest BCUT2D eigenvalue weighted by Gasteiger charge is 2.14. The molecule has 0 N–H and O–H groups in total. The Hall–Kier alpha value is -3.06. The highest BCUT2D eigenvalue weighted by molar-refractivity contribution is 7.99. The summed E-state index contributed by atoms with van der Waals surface area (Å²) in [7, 11) is 3.05. The Bertz CT molecular complexity index is 1060. The second kappa shape index (κ2) is 8.75. The molecule has 0 atom stereocenters. The normalized spacial score (nSPS) is 10.5. The fourth-order valence-electron chi connectivity index (χ4n) is 2.70. The summed E-state index contributed by atoms with van der Waals surface area (Å²) in [5.74, 6) is 1.00. The molecule has 0 radical (unpaired) electrons. The molecule has 0 saturated heterocycles. The molecule has 3 aromatic rings. The van der Waals surface area contributed by atoms with Gasteiger partial charge in [-0.25, -0.2) is 4.98 Å². The van der Waals surface area contributed by atoms with Crippen LogP contribution in [0.1, 0.15) is 15.9 Å². The van der Waals surface area contributed by atoms with Crippen LogP contribution in [-0.4, -0.2) is 35.3 Å². The van der Waals surface area contributed by atoms with Gasteiger partial charge in [-0.05, 0) is 42.8 Å². The Kier molecular flexibility index (Phi) is 6.16. The molecule has 0 aliphatic rings. The maximum Gasteiger partial charge on any atom is 0.287 e. The van der Waals surface area contributed by atoms with E-state index in [-0.39, 0.29) is 22.1 Å². The third-order valence-electron chi connectivity index (χ3n) is 4.13. The Balaban J connectivity index is 1.79. The number of carbonyl (C=O) groups excluding carboxylic acids is 1. The summed E-state index contributed by atoms with van der Waals surface area (Å²) in [4.78, 5) is 29.4. The van der Waals surface area contributed by atoms with Gasteiger partial charge >= 0.3 is 0 Å². The molecule has 1 aromatic heterocycles. The van der Waals surface area contributed by atoms with Gasteiger partial charge in [0.25, 0.3) is 5.56 Å². The zero-order valence-electron chi connectivity index (χ0n) is 15.8. The van der Waals surface area contributed by atoms with Crippen LogP contribution in [0.15, 0.2) is 64.7 Å².